The van der Waals surface area contributed by atoms with Crippen LogP contribution < -0.4 is 0 Å². The fourth-order valence-corrected chi connectivity index (χ4v) is 3.76. The van der Waals surface area contributed by atoms with Gasteiger partial charge >= 0.3 is 0 Å². The second-order valence-electron chi connectivity index (χ2n) is 4.63. The number of halogens is 1. The Labute approximate surface area is 125 Å². The number of thiophene rings is 1. The van der Waals surface area contributed by atoms with Gasteiger partial charge in [-0.1, -0.05) is 60.1 Å². The van der Waals surface area contributed by atoms with E-state index in [0.29, 0.717) is 0 Å². The van der Waals surface area contributed by atoms with E-state index >= 15 is 0 Å². The molecule has 4 rings (SSSR count). The summed E-state index contributed by atoms with van der Waals surface area (Å²) in [7, 11) is 0. The number of hydrogen-bond donors (Lipinski definition) is 0. The maximum Gasteiger partial charge on any atom is 0.0911 e. The van der Waals surface area contributed by atoms with E-state index in [1.54, 1.807) is 11.3 Å². The van der Waals surface area contributed by atoms with E-state index in [4.69, 9.17) is 16.6 Å². The predicted molar refractivity (Wildman–Crippen MR) is 87.6 cm³/mol. The summed E-state index contributed by atoms with van der Waals surface area (Å²) in [6, 6.07) is 20.4. The van der Waals surface area contributed by atoms with Gasteiger partial charge in [-0.15, -0.1) is 11.3 Å². The van der Waals surface area contributed by atoms with Crippen molar-refractivity contribution >= 4 is 43.2 Å². The zero-order valence-corrected chi connectivity index (χ0v) is 12.1. The van der Waals surface area contributed by atoms with Gasteiger partial charge in [-0.05, 0) is 12.1 Å². The van der Waals surface area contributed by atoms with E-state index in [1.165, 1.54) is 10.1 Å². The highest BCUT2D eigenvalue weighted by atomic mass is 35.5. The molecule has 1 nitrogen and oxygen atoms in total. The molecule has 0 fully saturated rings. The lowest BCUT2D eigenvalue weighted by Crippen LogP contribution is -1.84. The van der Waals surface area contributed by atoms with Crippen LogP contribution in [0.2, 0.25) is 5.02 Å². The first-order valence-electron chi connectivity index (χ1n) is 6.36. The Bertz CT molecular complexity index is 912. The van der Waals surface area contributed by atoms with Gasteiger partial charge in [0.1, 0.15) is 0 Å². The second kappa shape index (κ2) is 4.58. The minimum Gasteiger partial charge on any atom is -0.246 e. The number of pyridine rings is 1. The number of hydrogen-bond acceptors (Lipinski definition) is 2. The van der Waals surface area contributed by atoms with Crippen LogP contribution in [0.25, 0.3) is 31.6 Å². The van der Waals surface area contributed by atoms with Crippen molar-refractivity contribution < 1.29 is 0 Å². The van der Waals surface area contributed by atoms with E-state index in [0.717, 1.165) is 26.5 Å². The van der Waals surface area contributed by atoms with E-state index in [-0.39, 0.29) is 0 Å². The number of aromatic nitrogens is 1. The van der Waals surface area contributed by atoms with Crippen molar-refractivity contribution in [1.82, 2.24) is 4.98 Å². The SMILES string of the molecule is Clc1cc(-c2ccccc2)nc2c1sc1ccccc12. The molecule has 0 aliphatic heterocycles. The molecular formula is C17H10ClNS. The summed E-state index contributed by atoms with van der Waals surface area (Å²) in [5.41, 5.74) is 3.01. The molecule has 4 aromatic rings. The fourth-order valence-electron chi connectivity index (χ4n) is 2.40. The first-order chi connectivity index (χ1) is 9.83. The quantitative estimate of drug-likeness (QED) is 0.434. The molecule has 0 saturated carbocycles. The highest BCUT2D eigenvalue weighted by Gasteiger charge is 2.11. The van der Waals surface area contributed by atoms with Crippen molar-refractivity contribution in [2.24, 2.45) is 0 Å². The van der Waals surface area contributed by atoms with E-state index in [9.17, 15) is 0 Å². The lowest BCUT2D eigenvalue weighted by Gasteiger charge is -2.02. The second-order valence-corrected chi connectivity index (χ2v) is 6.09. The fraction of sp³-hybridized carbons (Fsp3) is 0. The van der Waals surface area contributed by atoms with Gasteiger partial charge in [0.15, 0.2) is 0 Å². The third-order valence-corrected chi connectivity index (χ3v) is 4.95. The lowest BCUT2D eigenvalue weighted by atomic mass is 10.1. The van der Waals surface area contributed by atoms with Crippen LogP contribution in [0.4, 0.5) is 0 Å². The van der Waals surface area contributed by atoms with Crippen molar-refractivity contribution in [3.8, 4) is 11.3 Å². The first kappa shape index (κ1) is 11.9. The van der Waals surface area contributed by atoms with Gasteiger partial charge in [-0.25, -0.2) is 4.98 Å². The van der Waals surface area contributed by atoms with Crippen molar-refractivity contribution in [3.63, 3.8) is 0 Å². The Kier molecular flexibility index (Phi) is 2.72. The Hall–Kier alpha value is -1.90. The molecule has 0 aliphatic rings. The van der Waals surface area contributed by atoms with Crippen molar-refractivity contribution in [3.05, 3.63) is 65.7 Å². The van der Waals surface area contributed by atoms with Crippen LogP contribution in [0.3, 0.4) is 0 Å². The van der Waals surface area contributed by atoms with Crippen LogP contribution in [0, 0.1) is 0 Å². The molecule has 0 radical (unpaired) electrons. The average Bonchev–Trinajstić information content (AvgIpc) is 2.88. The van der Waals surface area contributed by atoms with Crippen LogP contribution in [-0.2, 0) is 0 Å². The third kappa shape index (κ3) is 1.80. The third-order valence-electron chi connectivity index (χ3n) is 3.35. The smallest absolute Gasteiger partial charge is 0.0911 e. The molecule has 0 atom stereocenters. The van der Waals surface area contributed by atoms with E-state index in [1.807, 2.05) is 36.4 Å². The van der Waals surface area contributed by atoms with Gasteiger partial charge in [-0.3, -0.25) is 0 Å². The van der Waals surface area contributed by atoms with Crippen LogP contribution in [0.1, 0.15) is 0 Å². The average molecular weight is 296 g/mol. The topological polar surface area (TPSA) is 12.9 Å². The zero-order valence-electron chi connectivity index (χ0n) is 10.5. The summed E-state index contributed by atoms with van der Waals surface area (Å²) in [6.45, 7) is 0. The van der Waals surface area contributed by atoms with Crippen molar-refractivity contribution in [1.29, 1.82) is 0 Å². The van der Waals surface area contributed by atoms with Crippen LogP contribution >= 0.6 is 22.9 Å². The summed E-state index contributed by atoms with van der Waals surface area (Å²) in [5, 5.41) is 1.95. The van der Waals surface area contributed by atoms with Gasteiger partial charge in [0.05, 0.1) is 20.9 Å². The molecule has 0 amide bonds. The largest absolute Gasteiger partial charge is 0.246 e. The number of benzene rings is 2. The van der Waals surface area contributed by atoms with Crippen LogP contribution in [0.15, 0.2) is 60.7 Å². The van der Waals surface area contributed by atoms with Gasteiger partial charge in [0, 0.05) is 15.6 Å². The van der Waals surface area contributed by atoms with Gasteiger partial charge in [-0.2, -0.15) is 0 Å². The van der Waals surface area contributed by atoms with Crippen LogP contribution in [0.5, 0.6) is 0 Å². The normalized spacial score (nSPS) is 11.2. The standard InChI is InChI=1S/C17H10ClNS/c18-13-10-14(11-6-2-1-3-7-11)19-16-12-8-4-5-9-15(12)20-17(13)16/h1-10H. The van der Waals surface area contributed by atoms with Crippen LogP contribution in [-0.4, -0.2) is 4.98 Å². The summed E-state index contributed by atoms with van der Waals surface area (Å²) in [5.74, 6) is 0. The maximum absolute atomic E-state index is 6.45. The number of nitrogens with zero attached hydrogens (tertiary/aromatic N) is 1. The Morgan fingerprint density at radius 3 is 2.50 bits per heavy atom. The van der Waals surface area contributed by atoms with E-state index in [2.05, 4.69) is 24.3 Å². The molecule has 2 heterocycles. The molecule has 2 aromatic heterocycles. The summed E-state index contributed by atoms with van der Waals surface area (Å²) >= 11 is 8.15. The molecule has 96 valence electrons. The Morgan fingerprint density at radius 1 is 0.900 bits per heavy atom. The molecule has 2 aromatic carbocycles. The summed E-state index contributed by atoms with van der Waals surface area (Å²) < 4.78 is 2.29. The molecule has 0 unspecified atom stereocenters. The highest BCUT2D eigenvalue weighted by molar-refractivity contribution is 7.26. The monoisotopic (exact) mass is 295 g/mol. The van der Waals surface area contributed by atoms with E-state index < -0.39 is 0 Å². The molecule has 20 heavy (non-hydrogen) atoms. The summed E-state index contributed by atoms with van der Waals surface area (Å²) in [6.07, 6.45) is 0. The van der Waals surface area contributed by atoms with Crippen molar-refractivity contribution in [2.75, 3.05) is 0 Å². The zero-order chi connectivity index (χ0) is 13.5. The molecule has 0 N–H and O–H groups in total. The first-order valence-corrected chi connectivity index (χ1v) is 7.55. The Morgan fingerprint density at radius 2 is 1.65 bits per heavy atom. The van der Waals surface area contributed by atoms with Gasteiger partial charge < -0.3 is 0 Å². The highest BCUT2D eigenvalue weighted by Crippen LogP contribution is 2.38. The van der Waals surface area contributed by atoms with Gasteiger partial charge in [0.2, 0.25) is 0 Å². The minimum absolute atomic E-state index is 0.773. The lowest BCUT2D eigenvalue weighted by molar-refractivity contribution is 1.42. The number of rotatable bonds is 1. The number of fused-ring (bicyclic) bond motifs is 3. The van der Waals surface area contributed by atoms with Gasteiger partial charge in [0.25, 0.3) is 0 Å². The molecule has 0 spiro atoms. The molecule has 0 saturated heterocycles. The molecule has 3 heteroatoms. The summed E-state index contributed by atoms with van der Waals surface area (Å²) in [4.78, 5) is 4.82. The molecule has 0 bridgehead atoms. The minimum atomic E-state index is 0.773. The Balaban J connectivity index is 2.08. The molecular weight excluding hydrogens is 286 g/mol. The predicted octanol–water partition coefficient (Wildman–Crippen LogP) is 5.77. The molecule has 0 aliphatic carbocycles. The maximum atomic E-state index is 6.45. The van der Waals surface area contributed by atoms with Crippen molar-refractivity contribution in [2.45, 2.75) is 0 Å².